The smallest absolute Gasteiger partial charge is 0.273 e. The van der Waals surface area contributed by atoms with Gasteiger partial charge in [0, 0.05) is 19.2 Å². The molecule has 0 aliphatic rings. The molecule has 0 aliphatic heterocycles. The summed E-state index contributed by atoms with van der Waals surface area (Å²) in [5.74, 6) is 1.34. The zero-order chi connectivity index (χ0) is 16.8. The van der Waals surface area contributed by atoms with Crippen molar-refractivity contribution in [2.24, 2.45) is 0 Å². The van der Waals surface area contributed by atoms with E-state index in [4.69, 9.17) is 18.7 Å². The van der Waals surface area contributed by atoms with Gasteiger partial charge in [0.2, 0.25) is 0 Å². The normalized spacial score (nSPS) is 11.8. The molecule has 1 N–H and O–H groups in total. The van der Waals surface area contributed by atoms with Crippen LogP contribution in [-0.4, -0.2) is 45.0 Å². The quantitative estimate of drug-likeness (QED) is 0.841. The Morgan fingerprint density at radius 3 is 2.70 bits per heavy atom. The van der Waals surface area contributed by atoms with E-state index >= 15 is 0 Å². The minimum absolute atomic E-state index is 0.126. The standard InChI is InChI=1S/C16H20N2O5/c1-10(9-20-2)17-16(19)13-8-15(23-18-13)12-7-11(21-3)5-6-14(12)22-4/h5-8,10H,9H2,1-4H3,(H,17,19)/t10-/m1/s1. The van der Waals surface area contributed by atoms with Gasteiger partial charge in [0.1, 0.15) is 11.5 Å². The van der Waals surface area contributed by atoms with Crippen LogP contribution in [-0.2, 0) is 4.74 Å². The number of hydrogen-bond donors (Lipinski definition) is 1. The molecule has 2 rings (SSSR count). The summed E-state index contributed by atoms with van der Waals surface area (Å²) in [7, 11) is 4.70. The van der Waals surface area contributed by atoms with Crippen molar-refractivity contribution < 1.29 is 23.5 Å². The molecule has 0 aliphatic carbocycles. The van der Waals surface area contributed by atoms with Gasteiger partial charge in [-0.2, -0.15) is 0 Å². The van der Waals surface area contributed by atoms with Crippen LogP contribution in [0.15, 0.2) is 28.8 Å². The fourth-order valence-electron chi connectivity index (χ4n) is 2.11. The fraction of sp³-hybridized carbons (Fsp3) is 0.375. The molecule has 1 heterocycles. The highest BCUT2D eigenvalue weighted by molar-refractivity contribution is 5.93. The summed E-state index contributed by atoms with van der Waals surface area (Å²) in [5, 5.41) is 6.58. The molecule has 0 saturated carbocycles. The molecule has 1 atom stereocenters. The average Bonchev–Trinajstić information content (AvgIpc) is 3.04. The third-order valence-corrected chi connectivity index (χ3v) is 3.21. The Morgan fingerprint density at radius 1 is 1.26 bits per heavy atom. The van der Waals surface area contributed by atoms with E-state index in [2.05, 4.69) is 10.5 Å². The van der Waals surface area contributed by atoms with E-state index in [1.54, 1.807) is 45.6 Å². The lowest BCUT2D eigenvalue weighted by Crippen LogP contribution is -2.35. The first kappa shape index (κ1) is 16.8. The van der Waals surface area contributed by atoms with Crippen molar-refractivity contribution >= 4 is 5.91 Å². The van der Waals surface area contributed by atoms with Crippen LogP contribution in [0.1, 0.15) is 17.4 Å². The Morgan fingerprint density at radius 2 is 2.04 bits per heavy atom. The highest BCUT2D eigenvalue weighted by Crippen LogP contribution is 2.33. The van der Waals surface area contributed by atoms with E-state index in [0.717, 1.165) is 0 Å². The summed E-state index contributed by atoms with van der Waals surface area (Å²) in [6, 6.07) is 6.73. The molecule has 1 aromatic carbocycles. The van der Waals surface area contributed by atoms with Gasteiger partial charge in [0.05, 0.1) is 26.4 Å². The van der Waals surface area contributed by atoms with Crippen molar-refractivity contribution in [1.82, 2.24) is 10.5 Å². The molecule has 7 nitrogen and oxygen atoms in total. The maximum atomic E-state index is 12.1. The number of nitrogens with zero attached hydrogens (tertiary/aromatic N) is 1. The van der Waals surface area contributed by atoms with Crippen LogP contribution in [0.4, 0.5) is 0 Å². The largest absolute Gasteiger partial charge is 0.497 e. The minimum Gasteiger partial charge on any atom is -0.497 e. The van der Waals surface area contributed by atoms with Crippen LogP contribution < -0.4 is 14.8 Å². The number of ether oxygens (including phenoxy) is 3. The van der Waals surface area contributed by atoms with Crippen molar-refractivity contribution in [1.29, 1.82) is 0 Å². The minimum atomic E-state index is -0.327. The Balaban J connectivity index is 2.23. The number of rotatable bonds is 7. The Labute approximate surface area is 134 Å². The van der Waals surface area contributed by atoms with Crippen LogP contribution in [0.2, 0.25) is 0 Å². The van der Waals surface area contributed by atoms with Gasteiger partial charge in [-0.15, -0.1) is 0 Å². The molecule has 0 unspecified atom stereocenters. The summed E-state index contributed by atoms with van der Waals surface area (Å²) >= 11 is 0. The van der Waals surface area contributed by atoms with Gasteiger partial charge in [-0.05, 0) is 25.1 Å². The lowest BCUT2D eigenvalue weighted by Gasteiger charge is -2.10. The second-order valence-electron chi connectivity index (χ2n) is 4.97. The van der Waals surface area contributed by atoms with Crippen molar-refractivity contribution in [3.05, 3.63) is 30.0 Å². The zero-order valence-electron chi connectivity index (χ0n) is 13.6. The van der Waals surface area contributed by atoms with Gasteiger partial charge in [0.25, 0.3) is 5.91 Å². The van der Waals surface area contributed by atoms with Crippen LogP contribution in [0.25, 0.3) is 11.3 Å². The molecule has 0 bridgehead atoms. The molecule has 7 heteroatoms. The molecule has 1 aromatic heterocycles. The first-order valence-corrected chi connectivity index (χ1v) is 7.08. The Kier molecular flexibility index (Phi) is 5.59. The van der Waals surface area contributed by atoms with E-state index in [1.165, 1.54) is 0 Å². The number of amides is 1. The van der Waals surface area contributed by atoms with Gasteiger partial charge in [-0.1, -0.05) is 5.16 Å². The second kappa shape index (κ2) is 7.64. The molecular formula is C16H20N2O5. The van der Waals surface area contributed by atoms with Gasteiger partial charge in [-0.25, -0.2) is 0 Å². The zero-order valence-corrected chi connectivity index (χ0v) is 13.6. The third-order valence-electron chi connectivity index (χ3n) is 3.21. The van der Waals surface area contributed by atoms with Gasteiger partial charge < -0.3 is 24.1 Å². The van der Waals surface area contributed by atoms with E-state index in [0.29, 0.717) is 29.4 Å². The maximum Gasteiger partial charge on any atom is 0.273 e. The number of carbonyl (C=O) groups excluding carboxylic acids is 1. The molecule has 0 spiro atoms. The Hall–Kier alpha value is -2.54. The predicted molar refractivity (Wildman–Crippen MR) is 83.8 cm³/mol. The summed E-state index contributed by atoms with van der Waals surface area (Å²) in [5.41, 5.74) is 0.844. The van der Waals surface area contributed by atoms with Crippen LogP contribution in [0.3, 0.4) is 0 Å². The molecule has 0 fully saturated rings. The van der Waals surface area contributed by atoms with E-state index in [-0.39, 0.29) is 17.6 Å². The monoisotopic (exact) mass is 320 g/mol. The number of carbonyl (C=O) groups is 1. The van der Waals surface area contributed by atoms with Crippen molar-refractivity contribution in [2.45, 2.75) is 13.0 Å². The number of aromatic nitrogens is 1. The van der Waals surface area contributed by atoms with Crippen molar-refractivity contribution in [3.63, 3.8) is 0 Å². The molecule has 0 radical (unpaired) electrons. The third kappa shape index (κ3) is 4.01. The SMILES string of the molecule is COC[C@@H](C)NC(=O)c1cc(-c2cc(OC)ccc2OC)on1. The fourth-order valence-corrected chi connectivity index (χ4v) is 2.11. The summed E-state index contributed by atoms with van der Waals surface area (Å²) < 4.78 is 20.8. The Bertz CT molecular complexity index is 668. The maximum absolute atomic E-state index is 12.1. The number of benzene rings is 1. The van der Waals surface area contributed by atoms with Crippen LogP contribution >= 0.6 is 0 Å². The van der Waals surface area contributed by atoms with Crippen molar-refractivity contribution in [2.75, 3.05) is 27.9 Å². The molecule has 23 heavy (non-hydrogen) atoms. The van der Waals surface area contributed by atoms with Gasteiger partial charge in [0.15, 0.2) is 11.5 Å². The predicted octanol–water partition coefficient (Wildman–Crippen LogP) is 2.12. The van der Waals surface area contributed by atoms with Crippen LogP contribution in [0.5, 0.6) is 11.5 Å². The molecule has 124 valence electrons. The van der Waals surface area contributed by atoms with Gasteiger partial charge in [-0.3, -0.25) is 4.79 Å². The first-order chi connectivity index (χ1) is 11.1. The van der Waals surface area contributed by atoms with E-state index < -0.39 is 0 Å². The number of hydrogen-bond acceptors (Lipinski definition) is 6. The van der Waals surface area contributed by atoms with Crippen molar-refractivity contribution in [3.8, 4) is 22.8 Å². The second-order valence-corrected chi connectivity index (χ2v) is 4.97. The highest BCUT2D eigenvalue weighted by atomic mass is 16.5. The van der Waals surface area contributed by atoms with E-state index in [1.807, 2.05) is 6.92 Å². The molecule has 1 amide bonds. The lowest BCUT2D eigenvalue weighted by molar-refractivity contribution is 0.0896. The number of methoxy groups -OCH3 is 3. The molecular weight excluding hydrogens is 300 g/mol. The highest BCUT2D eigenvalue weighted by Gasteiger charge is 2.18. The summed E-state index contributed by atoms with van der Waals surface area (Å²) in [4.78, 5) is 12.1. The van der Waals surface area contributed by atoms with Gasteiger partial charge >= 0.3 is 0 Å². The summed E-state index contributed by atoms with van der Waals surface area (Å²) in [6.45, 7) is 2.26. The molecule has 0 saturated heterocycles. The van der Waals surface area contributed by atoms with Crippen LogP contribution in [0, 0.1) is 0 Å². The topological polar surface area (TPSA) is 82.8 Å². The molecule has 2 aromatic rings. The van der Waals surface area contributed by atoms with E-state index in [9.17, 15) is 4.79 Å². The average molecular weight is 320 g/mol. The number of nitrogens with one attached hydrogen (secondary N) is 1. The first-order valence-electron chi connectivity index (χ1n) is 7.08. The summed E-state index contributed by atoms with van der Waals surface area (Å²) in [6.07, 6.45) is 0. The lowest BCUT2D eigenvalue weighted by atomic mass is 10.1.